The van der Waals surface area contributed by atoms with Crippen LogP contribution in [0, 0.1) is 11.3 Å². The molecule has 19 heavy (non-hydrogen) atoms. The van der Waals surface area contributed by atoms with Crippen molar-refractivity contribution in [1.82, 2.24) is 4.31 Å². The van der Waals surface area contributed by atoms with Gasteiger partial charge in [-0.05, 0) is 24.6 Å². The van der Waals surface area contributed by atoms with Gasteiger partial charge in [-0.15, -0.1) is 0 Å². The van der Waals surface area contributed by atoms with E-state index in [2.05, 4.69) is 6.92 Å². The van der Waals surface area contributed by atoms with Gasteiger partial charge in [-0.1, -0.05) is 31.4 Å². The first-order chi connectivity index (χ1) is 8.93. The zero-order chi connectivity index (χ0) is 14.5. The van der Waals surface area contributed by atoms with Crippen LogP contribution in [-0.2, 0) is 10.0 Å². The molecule has 0 spiro atoms. The number of sulfonamides is 1. The lowest BCUT2D eigenvalue weighted by Gasteiger charge is -2.17. The molecule has 0 atom stereocenters. The fourth-order valence-corrected chi connectivity index (χ4v) is 3.16. The standard InChI is InChI=1S/C13H17ClN2O2S/c1-3-4-5-8-16(2)19(17,18)12-7-6-11(10-15)13(14)9-12/h6-7,9H,3-5,8H2,1-2H3. The van der Waals surface area contributed by atoms with Gasteiger partial charge in [-0.2, -0.15) is 5.26 Å². The summed E-state index contributed by atoms with van der Waals surface area (Å²) in [5.41, 5.74) is 0.272. The fraction of sp³-hybridized carbons (Fsp3) is 0.462. The predicted octanol–water partition coefficient (Wildman–Crippen LogP) is 3.02. The molecule has 0 saturated heterocycles. The summed E-state index contributed by atoms with van der Waals surface area (Å²) < 4.78 is 25.8. The number of nitrogens with zero attached hydrogens (tertiary/aromatic N) is 2. The Morgan fingerprint density at radius 1 is 1.37 bits per heavy atom. The van der Waals surface area contributed by atoms with E-state index in [1.807, 2.05) is 6.07 Å². The highest BCUT2D eigenvalue weighted by Crippen LogP contribution is 2.22. The number of benzene rings is 1. The van der Waals surface area contributed by atoms with E-state index < -0.39 is 10.0 Å². The van der Waals surface area contributed by atoms with Crippen LogP contribution in [0.3, 0.4) is 0 Å². The van der Waals surface area contributed by atoms with Crippen LogP contribution in [-0.4, -0.2) is 26.3 Å². The Bertz CT molecular complexity index is 579. The van der Waals surface area contributed by atoms with Crippen molar-refractivity contribution in [2.45, 2.75) is 31.1 Å². The van der Waals surface area contributed by atoms with Gasteiger partial charge in [0.25, 0.3) is 0 Å². The van der Waals surface area contributed by atoms with Crippen molar-refractivity contribution in [2.75, 3.05) is 13.6 Å². The number of nitriles is 1. The molecule has 0 amide bonds. The lowest BCUT2D eigenvalue weighted by Crippen LogP contribution is -2.28. The second-order valence-electron chi connectivity index (χ2n) is 4.29. The van der Waals surface area contributed by atoms with Crippen molar-refractivity contribution in [3.8, 4) is 6.07 Å². The summed E-state index contributed by atoms with van der Waals surface area (Å²) in [5.74, 6) is 0. The number of hydrogen-bond donors (Lipinski definition) is 0. The number of halogens is 1. The summed E-state index contributed by atoms with van der Waals surface area (Å²) in [7, 11) is -1.97. The minimum Gasteiger partial charge on any atom is -0.207 e. The number of hydrogen-bond acceptors (Lipinski definition) is 3. The van der Waals surface area contributed by atoms with Crippen molar-refractivity contribution >= 4 is 21.6 Å². The molecular weight excluding hydrogens is 284 g/mol. The van der Waals surface area contributed by atoms with Crippen LogP contribution in [0.25, 0.3) is 0 Å². The Labute approximate surface area is 119 Å². The van der Waals surface area contributed by atoms with Gasteiger partial charge in [-0.3, -0.25) is 0 Å². The highest BCUT2D eigenvalue weighted by atomic mass is 35.5. The molecule has 0 aromatic heterocycles. The third kappa shape index (κ3) is 3.93. The molecule has 0 N–H and O–H groups in total. The molecule has 0 aliphatic carbocycles. The van der Waals surface area contributed by atoms with E-state index in [0.717, 1.165) is 19.3 Å². The Hall–Kier alpha value is -1.09. The molecule has 0 saturated carbocycles. The maximum Gasteiger partial charge on any atom is 0.242 e. The van der Waals surface area contributed by atoms with E-state index in [0.29, 0.717) is 6.54 Å². The molecule has 1 aromatic rings. The molecule has 1 rings (SSSR count). The molecule has 4 nitrogen and oxygen atoms in total. The zero-order valence-electron chi connectivity index (χ0n) is 11.1. The summed E-state index contributed by atoms with van der Waals surface area (Å²) in [6, 6.07) is 6.07. The van der Waals surface area contributed by atoms with Gasteiger partial charge in [0.2, 0.25) is 10.0 Å². The quantitative estimate of drug-likeness (QED) is 0.759. The van der Waals surface area contributed by atoms with Crippen LogP contribution >= 0.6 is 11.6 Å². The van der Waals surface area contributed by atoms with Crippen LogP contribution in [0.2, 0.25) is 5.02 Å². The van der Waals surface area contributed by atoms with Gasteiger partial charge in [0, 0.05) is 13.6 Å². The molecule has 1 aromatic carbocycles. The molecule has 0 radical (unpaired) electrons. The highest BCUT2D eigenvalue weighted by Gasteiger charge is 2.21. The number of unbranched alkanes of at least 4 members (excludes halogenated alkanes) is 2. The minimum atomic E-state index is -3.53. The first-order valence-corrected chi connectivity index (χ1v) is 7.91. The Balaban J connectivity index is 2.94. The van der Waals surface area contributed by atoms with Crippen molar-refractivity contribution < 1.29 is 8.42 Å². The predicted molar refractivity (Wildman–Crippen MR) is 75.5 cm³/mol. The van der Waals surface area contributed by atoms with Crippen molar-refractivity contribution in [3.05, 3.63) is 28.8 Å². The Kier molecular flexibility index (Phi) is 5.80. The van der Waals surface area contributed by atoms with Crippen molar-refractivity contribution in [2.24, 2.45) is 0 Å². The van der Waals surface area contributed by atoms with Crippen LogP contribution in [0.1, 0.15) is 31.7 Å². The van der Waals surface area contributed by atoms with Crippen LogP contribution < -0.4 is 0 Å². The topological polar surface area (TPSA) is 61.2 Å². The van der Waals surface area contributed by atoms with Crippen LogP contribution in [0.4, 0.5) is 0 Å². The molecule has 104 valence electrons. The summed E-state index contributed by atoms with van der Waals surface area (Å²) in [6.07, 6.45) is 2.86. The fourth-order valence-electron chi connectivity index (χ4n) is 1.63. The molecule has 0 fully saturated rings. The lowest BCUT2D eigenvalue weighted by molar-refractivity contribution is 0.454. The molecule has 0 aliphatic rings. The third-order valence-corrected chi connectivity index (χ3v) is 5.01. The van der Waals surface area contributed by atoms with E-state index in [1.165, 1.54) is 22.5 Å². The second kappa shape index (κ2) is 6.90. The average molecular weight is 301 g/mol. The first kappa shape index (κ1) is 16.0. The SMILES string of the molecule is CCCCCN(C)S(=O)(=O)c1ccc(C#N)c(Cl)c1. The van der Waals surface area contributed by atoms with E-state index in [9.17, 15) is 8.42 Å². The molecule has 0 bridgehead atoms. The third-order valence-electron chi connectivity index (χ3n) is 2.85. The lowest BCUT2D eigenvalue weighted by atomic mass is 10.2. The molecular formula is C13H17ClN2O2S. The van der Waals surface area contributed by atoms with Gasteiger partial charge in [0.15, 0.2) is 0 Å². The molecule has 0 unspecified atom stereocenters. The van der Waals surface area contributed by atoms with Gasteiger partial charge >= 0.3 is 0 Å². The second-order valence-corrected chi connectivity index (χ2v) is 6.74. The Morgan fingerprint density at radius 3 is 2.58 bits per heavy atom. The van der Waals surface area contributed by atoms with E-state index in [1.54, 1.807) is 7.05 Å². The molecule has 0 heterocycles. The maximum atomic E-state index is 12.3. The van der Waals surface area contributed by atoms with E-state index >= 15 is 0 Å². The Morgan fingerprint density at radius 2 is 2.05 bits per heavy atom. The largest absolute Gasteiger partial charge is 0.242 e. The van der Waals surface area contributed by atoms with Gasteiger partial charge < -0.3 is 0 Å². The van der Waals surface area contributed by atoms with E-state index in [-0.39, 0.29) is 15.5 Å². The molecule has 0 aliphatic heterocycles. The summed E-state index contributed by atoms with van der Waals surface area (Å²) in [6.45, 7) is 2.54. The van der Waals surface area contributed by atoms with Crippen molar-refractivity contribution in [1.29, 1.82) is 5.26 Å². The van der Waals surface area contributed by atoms with E-state index in [4.69, 9.17) is 16.9 Å². The smallest absolute Gasteiger partial charge is 0.207 e. The van der Waals surface area contributed by atoms with Crippen LogP contribution in [0.15, 0.2) is 23.1 Å². The summed E-state index contributed by atoms with van der Waals surface area (Å²) in [5, 5.41) is 8.93. The minimum absolute atomic E-state index is 0.121. The normalized spacial score (nSPS) is 11.5. The van der Waals surface area contributed by atoms with Crippen LogP contribution in [0.5, 0.6) is 0 Å². The average Bonchev–Trinajstić information content (AvgIpc) is 2.38. The number of rotatable bonds is 6. The first-order valence-electron chi connectivity index (χ1n) is 6.09. The van der Waals surface area contributed by atoms with Gasteiger partial charge in [-0.25, -0.2) is 12.7 Å². The van der Waals surface area contributed by atoms with Gasteiger partial charge in [0.1, 0.15) is 6.07 Å². The highest BCUT2D eigenvalue weighted by molar-refractivity contribution is 7.89. The monoisotopic (exact) mass is 300 g/mol. The molecule has 6 heteroatoms. The van der Waals surface area contributed by atoms with Gasteiger partial charge in [0.05, 0.1) is 15.5 Å². The van der Waals surface area contributed by atoms with Crippen molar-refractivity contribution in [3.63, 3.8) is 0 Å². The summed E-state index contributed by atoms with van der Waals surface area (Å²) in [4.78, 5) is 0.121. The maximum absolute atomic E-state index is 12.3. The zero-order valence-corrected chi connectivity index (χ0v) is 12.6. The summed E-state index contributed by atoms with van der Waals surface area (Å²) >= 11 is 5.86.